The average Bonchev–Trinajstić information content (AvgIpc) is 2.75. The monoisotopic (exact) mass is 396 g/mol. The van der Waals surface area contributed by atoms with Gasteiger partial charge in [-0.3, -0.25) is 9.69 Å². The van der Waals surface area contributed by atoms with Crippen LogP contribution in [0.5, 0.6) is 0 Å². The Morgan fingerprint density at radius 2 is 1.79 bits per heavy atom. The first-order valence-corrected chi connectivity index (χ1v) is 11.7. The van der Waals surface area contributed by atoms with E-state index in [1.807, 2.05) is 0 Å². The number of thioether (sulfide) groups is 1. The second-order valence-corrected chi connectivity index (χ2v) is 9.29. The Balaban J connectivity index is 1.52. The van der Waals surface area contributed by atoms with Crippen LogP contribution in [-0.2, 0) is 11.3 Å². The average molecular weight is 397 g/mol. The third-order valence-corrected chi connectivity index (χ3v) is 7.47. The van der Waals surface area contributed by atoms with E-state index < -0.39 is 0 Å². The highest BCUT2D eigenvalue weighted by molar-refractivity contribution is 7.98. The minimum atomic E-state index is 0.161. The molecule has 4 heterocycles. The van der Waals surface area contributed by atoms with E-state index in [4.69, 9.17) is 4.74 Å². The first kappa shape index (κ1) is 18.5. The molecule has 0 spiro atoms. The number of hydrogen-bond acceptors (Lipinski definition) is 4. The summed E-state index contributed by atoms with van der Waals surface area (Å²) in [6, 6.07) is 13.2. The van der Waals surface area contributed by atoms with Gasteiger partial charge in [0.25, 0.3) is 5.56 Å². The lowest BCUT2D eigenvalue weighted by atomic mass is 9.79. The van der Waals surface area contributed by atoms with Crippen molar-refractivity contribution < 1.29 is 4.74 Å². The molecule has 5 heteroatoms. The summed E-state index contributed by atoms with van der Waals surface area (Å²) in [5.41, 5.74) is 3.89. The molecule has 2 bridgehead atoms. The van der Waals surface area contributed by atoms with Crippen LogP contribution < -0.4 is 5.56 Å². The first-order chi connectivity index (χ1) is 13.7. The van der Waals surface area contributed by atoms with Crippen molar-refractivity contribution in [1.29, 1.82) is 0 Å². The van der Waals surface area contributed by atoms with Gasteiger partial charge >= 0.3 is 0 Å². The standard InChI is InChI=1S/C23H28N2O2S/c1-28-20-4-2-17(3-5-20)21-6-7-22(26)25-14-16-12-18(23(21)25)15-24(13-16)19-8-10-27-11-9-19/h2-7,16,18-19H,8-15H2,1H3/t16-,18-/m0/s1. The molecule has 2 atom stereocenters. The molecule has 148 valence electrons. The van der Waals surface area contributed by atoms with E-state index in [-0.39, 0.29) is 5.56 Å². The summed E-state index contributed by atoms with van der Waals surface area (Å²) in [4.78, 5) is 16.7. The van der Waals surface area contributed by atoms with Crippen molar-refractivity contribution in [2.24, 2.45) is 5.92 Å². The van der Waals surface area contributed by atoms with Crippen LogP contribution in [0.2, 0.25) is 0 Å². The number of benzene rings is 1. The third kappa shape index (κ3) is 3.34. The molecule has 5 rings (SSSR count). The maximum atomic E-state index is 12.7. The van der Waals surface area contributed by atoms with E-state index >= 15 is 0 Å². The zero-order valence-electron chi connectivity index (χ0n) is 16.5. The van der Waals surface area contributed by atoms with Crippen molar-refractivity contribution in [3.63, 3.8) is 0 Å². The molecule has 2 aromatic rings. The summed E-state index contributed by atoms with van der Waals surface area (Å²) in [6.07, 6.45) is 5.60. The van der Waals surface area contributed by atoms with E-state index in [0.29, 0.717) is 17.9 Å². The molecule has 0 radical (unpaired) electrons. The molecule has 0 saturated carbocycles. The quantitative estimate of drug-likeness (QED) is 0.739. The van der Waals surface area contributed by atoms with E-state index in [2.05, 4.69) is 46.1 Å². The number of likely N-dealkylation sites (tertiary alicyclic amines) is 1. The summed E-state index contributed by atoms with van der Waals surface area (Å²) < 4.78 is 7.66. The maximum Gasteiger partial charge on any atom is 0.250 e. The summed E-state index contributed by atoms with van der Waals surface area (Å²) in [5.74, 6) is 1.03. The minimum absolute atomic E-state index is 0.161. The Kier molecular flexibility index (Phi) is 5.07. The van der Waals surface area contributed by atoms with Crippen LogP contribution in [0.1, 0.15) is 30.9 Å². The van der Waals surface area contributed by atoms with Gasteiger partial charge in [-0.2, -0.15) is 0 Å². The fourth-order valence-electron chi connectivity index (χ4n) is 5.42. The van der Waals surface area contributed by atoms with Gasteiger partial charge in [-0.15, -0.1) is 11.8 Å². The van der Waals surface area contributed by atoms with Gasteiger partial charge in [-0.25, -0.2) is 0 Å². The fraction of sp³-hybridized carbons (Fsp3) is 0.522. The Morgan fingerprint density at radius 3 is 2.54 bits per heavy atom. The van der Waals surface area contributed by atoms with Crippen LogP contribution in [0.4, 0.5) is 0 Å². The van der Waals surface area contributed by atoms with Crippen LogP contribution in [0.25, 0.3) is 11.1 Å². The third-order valence-electron chi connectivity index (χ3n) is 6.73. The predicted octanol–water partition coefficient (Wildman–Crippen LogP) is 3.84. The molecule has 3 aliphatic rings. The molecule has 0 amide bonds. The number of aromatic nitrogens is 1. The SMILES string of the molecule is CSc1ccc(-c2ccc(=O)n3c2[C@H]2C[C@@H](CN(C4CCOCC4)C2)C3)cc1. The molecule has 2 saturated heterocycles. The van der Waals surface area contributed by atoms with Gasteiger partial charge in [-0.05, 0) is 55.2 Å². The first-order valence-electron chi connectivity index (χ1n) is 10.4. The van der Waals surface area contributed by atoms with Crippen LogP contribution in [-0.4, -0.2) is 48.1 Å². The number of pyridine rings is 1. The van der Waals surface area contributed by atoms with Crippen LogP contribution >= 0.6 is 11.8 Å². The fourth-order valence-corrected chi connectivity index (χ4v) is 5.82. The predicted molar refractivity (Wildman–Crippen MR) is 114 cm³/mol. The molecule has 0 aliphatic carbocycles. The van der Waals surface area contributed by atoms with E-state index in [1.54, 1.807) is 17.8 Å². The molecule has 3 aliphatic heterocycles. The zero-order chi connectivity index (χ0) is 19.1. The van der Waals surface area contributed by atoms with Crippen molar-refractivity contribution >= 4 is 11.8 Å². The Bertz CT molecular complexity index is 902. The van der Waals surface area contributed by atoms with E-state index in [1.165, 1.54) is 28.1 Å². The van der Waals surface area contributed by atoms with Gasteiger partial charge in [0.05, 0.1) is 0 Å². The lowest BCUT2D eigenvalue weighted by molar-refractivity contribution is 0.00597. The summed E-state index contributed by atoms with van der Waals surface area (Å²) in [5, 5.41) is 0. The van der Waals surface area contributed by atoms with Gasteiger partial charge in [-0.1, -0.05) is 12.1 Å². The second-order valence-electron chi connectivity index (χ2n) is 8.41. The molecule has 1 aromatic heterocycles. The van der Waals surface area contributed by atoms with Crippen LogP contribution in [0, 0.1) is 5.92 Å². The number of ether oxygens (including phenoxy) is 1. The molecule has 0 unspecified atom stereocenters. The number of piperidine rings is 1. The van der Waals surface area contributed by atoms with Crippen molar-refractivity contribution in [2.45, 2.75) is 42.7 Å². The largest absolute Gasteiger partial charge is 0.381 e. The lowest BCUT2D eigenvalue weighted by Crippen LogP contribution is -2.51. The lowest BCUT2D eigenvalue weighted by Gasteiger charge is -2.47. The molecular formula is C23H28N2O2S. The van der Waals surface area contributed by atoms with Crippen molar-refractivity contribution in [1.82, 2.24) is 9.47 Å². The van der Waals surface area contributed by atoms with Gasteiger partial charge in [0.2, 0.25) is 0 Å². The van der Waals surface area contributed by atoms with Gasteiger partial charge in [0.1, 0.15) is 0 Å². The Hall–Kier alpha value is -1.56. The molecule has 2 fully saturated rings. The minimum Gasteiger partial charge on any atom is -0.381 e. The van der Waals surface area contributed by atoms with E-state index in [9.17, 15) is 4.79 Å². The summed E-state index contributed by atoms with van der Waals surface area (Å²) in [7, 11) is 0. The zero-order valence-corrected chi connectivity index (χ0v) is 17.3. The molecule has 4 nitrogen and oxygen atoms in total. The van der Waals surface area contributed by atoms with Gasteiger partial charge < -0.3 is 9.30 Å². The highest BCUT2D eigenvalue weighted by Crippen LogP contribution is 2.41. The Morgan fingerprint density at radius 1 is 1.00 bits per heavy atom. The maximum absolute atomic E-state index is 12.7. The molecule has 0 N–H and O–H groups in total. The number of hydrogen-bond donors (Lipinski definition) is 0. The van der Waals surface area contributed by atoms with E-state index in [0.717, 1.165) is 45.7 Å². The molecular weight excluding hydrogens is 368 g/mol. The second kappa shape index (κ2) is 7.69. The normalized spacial score (nSPS) is 25.5. The van der Waals surface area contributed by atoms with Gasteiger partial charge in [0.15, 0.2) is 0 Å². The highest BCUT2D eigenvalue weighted by Gasteiger charge is 2.38. The number of fused-ring (bicyclic) bond motifs is 4. The Labute approximate surface area is 170 Å². The molecule has 28 heavy (non-hydrogen) atoms. The number of rotatable bonds is 3. The van der Waals surface area contributed by atoms with Crippen LogP contribution in [0.3, 0.4) is 0 Å². The van der Waals surface area contributed by atoms with Crippen molar-refractivity contribution in [3.8, 4) is 11.1 Å². The molecule has 1 aromatic carbocycles. The summed E-state index contributed by atoms with van der Waals surface area (Å²) in [6.45, 7) is 4.83. The number of nitrogens with zero attached hydrogens (tertiary/aromatic N) is 2. The highest BCUT2D eigenvalue weighted by atomic mass is 32.2. The summed E-state index contributed by atoms with van der Waals surface area (Å²) >= 11 is 1.76. The smallest absolute Gasteiger partial charge is 0.250 e. The van der Waals surface area contributed by atoms with Crippen molar-refractivity contribution in [3.05, 3.63) is 52.4 Å². The van der Waals surface area contributed by atoms with Crippen molar-refractivity contribution in [2.75, 3.05) is 32.6 Å². The van der Waals surface area contributed by atoms with Gasteiger partial charge in [0, 0.05) is 67.0 Å². The van der Waals surface area contributed by atoms with Crippen LogP contribution in [0.15, 0.2) is 46.1 Å². The topological polar surface area (TPSA) is 34.5 Å².